The molecule has 0 saturated heterocycles. The van der Waals surface area contributed by atoms with Crippen LogP contribution in [0, 0.1) is 6.92 Å². The van der Waals surface area contributed by atoms with Gasteiger partial charge in [-0.3, -0.25) is 10.2 Å². The van der Waals surface area contributed by atoms with Gasteiger partial charge in [0.2, 0.25) is 0 Å². The summed E-state index contributed by atoms with van der Waals surface area (Å²) in [5, 5.41) is 3.82. The molecule has 134 valence electrons. The van der Waals surface area contributed by atoms with Crippen LogP contribution in [-0.4, -0.2) is 14.8 Å². The predicted octanol–water partition coefficient (Wildman–Crippen LogP) is 3.91. The number of hydrogen-bond acceptors (Lipinski definition) is 4. The molecule has 27 heavy (non-hydrogen) atoms. The number of fused-ring (bicyclic) bond motifs is 1. The number of thiocarbonyl (C=S) groups is 1. The van der Waals surface area contributed by atoms with Crippen LogP contribution in [-0.2, 0) is 0 Å². The van der Waals surface area contributed by atoms with E-state index in [0.717, 1.165) is 11.3 Å². The maximum Gasteiger partial charge on any atom is 0.280 e. The van der Waals surface area contributed by atoms with Crippen molar-refractivity contribution in [2.24, 2.45) is 0 Å². The SMILES string of the molecule is Cc1ccc(NC(=S)Nn2c(-c3ccco3)nc3ccccc3c2=O)cc1. The van der Waals surface area contributed by atoms with Crippen LogP contribution in [0.4, 0.5) is 5.69 Å². The molecule has 0 aliphatic rings. The average Bonchev–Trinajstić information content (AvgIpc) is 3.20. The van der Waals surface area contributed by atoms with Crippen molar-refractivity contribution in [3.05, 3.63) is 82.8 Å². The molecule has 4 aromatic rings. The number of rotatable bonds is 3. The van der Waals surface area contributed by atoms with Crippen LogP contribution < -0.4 is 16.3 Å². The van der Waals surface area contributed by atoms with Gasteiger partial charge in [-0.15, -0.1) is 0 Å². The number of anilines is 1. The van der Waals surface area contributed by atoms with Crippen molar-refractivity contribution in [2.75, 3.05) is 10.7 Å². The highest BCUT2D eigenvalue weighted by Crippen LogP contribution is 2.18. The molecule has 6 nitrogen and oxygen atoms in total. The van der Waals surface area contributed by atoms with Crippen molar-refractivity contribution in [3.63, 3.8) is 0 Å². The standard InChI is InChI=1S/C20H16N4O2S/c1-13-8-10-14(11-9-13)21-20(27)23-24-18(17-7-4-12-26-17)22-16-6-3-2-5-15(16)19(24)25/h2-12H,1H3,(H2,21,23,27). The molecule has 0 fully saturated rings. The number of benzene rings is 2. The first-order valence-corrected chi connectivity index (χ1v) is 8.73. The van der Waals surface area contributed by atoms with E-state index >= 15 is 0 Å². The molecule has 7 heteroatoms. The number of para-hydroxylation sites is 1. The van der Waals surface area contributed by atoms with Crippen molar-refractivity contribution < 1.29 is 4.42 Å². The van der Waals surface area contributed by atoms with E-state index in [4.69, 9.17) is 16.6 Å². The van der Waals surface area contributed by atoms with Gasteiger partial charge in [-0.25, -0.2) is 4.98 Å². The Hall–Kier alpha value is -3.45. The van der Waals surface area contributed by atoms with Crippen molar-refractivity contribution >= 4 is 33.9 Å². The van der Waals surface area contributed by atoms with Gasteiger partial charge in [0.1, 0.15) is 0 Å². The second-order valence-electron chi connectivity index (χ2n) is 6.00. The largest absolute Gasteiger partial charge is 0.461 e. The summed E-state index contributed by atoms with van der Waals surface area (Å²) in [6, 6.07) is 18.4. The van der Waals surface area contributed by atoms with Crippen LogP contribution in [0.15, 0.2) is 76.1 Å². The topological polar surface area (TPSA) is 72.1 Å². The third kappa shape index (κ3) is 3.45. The van der Waals surface area contributed by atoms with Gasteiger partial charge in [-0.05, 0) is 55.5 Å². The first-order chi connectivity index (χ1) is 13.1. The first-order valence-electron chi connectivity index (χ1n) is 8.32. The summed E-state index contributed by atoms with van der Waals surface area (Å²) in [5.41, 5.74) is 5.21. The molecule has 0 bridgehead atoms. The lowest BCUT2D eigenvalue weighted by molar-refractivity contribution is 0.573. The normalized spacial score (nSPS) is 10.7. The second-order valence-corrected chi connectivity index (χ2v) is 6.41. The van der Waals surface area contributed by atoms with Gasteiger partial charge >= 0.3 is 0 Å². The van der Waals surface area contributed by atoms with Crippen LogP contribution in [0.3, 0.4) is 0 Å². The monoisotopic (exact) mass is 376 g/mol. The van der Waals surface area contributed by atoms with E-state index in [2.05, 4.69) is 15.7 Å². The van der Waals surface area contributed by atoms with Gasteiger partial charge in [0.15, 0.2) is 16.7 Å². The molecule has 0 aliphatic heterocycles. The fraction of sp³-hybridized carbons (Fsp3) is 0.0500. The third-order valence-corrected chi connectivity index (χ3v) is 4.23. The molecule has 0 amide bonds. The van der Waals surface area contributed by atoms with Crippen LogP contribution in [0.25, 0.3) is 22.5 Å². The summed E-state index contributed by atoms with van der Waals surface area (Å²) in [5.74, 6) is 0.806. The van der Waals surface area contributed by atoms with Gasteiger partial charge in [-0.2, -0.15) is 4.68 Å². The quantitative estimate of drug-likeness (QED) is 0.528. The highest BCUT2D eigenvalue weighted by Gasteiger charge is 2.15. The first kappa shape index (κ1) is 17.0. The predicted molar refractivity (Wildman–Crippen MR) is 110 cm³/mol. The van der Waals surface area contributed by atoms with Crippen LogP contribution in [0.1, 0.15) is 5.56 Å². The van der Waals surface area contributed by atoms with E-state index in [9.17, 15) is 4.79 Å². The smallest absolute Gasteiger partial charge is 0.280 e. The van der Waals surface area contributed by atoms with Crippen molar-refractivity contribution in [3.8, 4) is 11.6 Å². The molecule has 0 atom stereocenters. The molecule has 2 heterocycles. The Labute approximate surface area is 160 Å². The van der Waals surface area contributed by atoms with Gasteiger partial charge in [0, 0.05) is 5.69 Å². The zero-order chi connectivity index (χ0) is 18.8. The van der Waals surface area contributed by atoms with E-state index in [1.807, 2.05) is 37.3 Å². The third-order valence-electron chi connectivity index (χ3n) is 4.04. The minimum atomic E-state index is -0.264. The minimum Gasteiger partial charge on any atom is -0.461 e. The Balaban J connectivity index is 1.74. The molecule has 0 aliphatic carbocycles. The summed E-state index contributed by atoms with van der Waals surface area (Å²) in [6.45, 7) is 2.01. The lowest BCUT2D eigenvalue weighted by atomic mass is 10.2. The molecule has 0 saturated carbocycles. The lowest BCUT2D eigenvalue weighted by Gasteiger charge is -2.15. The summed E-state index contributed by atoms with van der Waals surface area (Å²) in [4.78, 5) is 17.6. The van der Waals surface area contributed by atoms with E-state index in [1.165, 1.54) is 10.9 Å². The number of aryl methyl sites for hydroxylation is 1. The van der Waals surface area contributed by atoms with Crippen molar-refractivity contribution in [1.29, 1.82) is 0 Å². The minimum absolute atomic E-state index is 0.264. The van der Waals surface area contributed by atoms with Gasteiger partial charge in [-0.1, -0.05) is 29.8 Å². The molecular formula is C20H16N4O2S. The second kappa shape index (κ2) is 7.05. The zero-order valence-electron chi connectivity index (χ0n) is 14.5. The molecule has 0 radical (unpaired) electrons. The lowest BCUT2D eigenvalue weighted by Crippen LogP contribution is -2.37. The molecule has 2 N–H and O–H groups in total. The average molecular weight is 376 g/mol. The van der Waals surface area contributed by atoms with Gasteiger partial charge in [0.05, 0.1) is 17.2 Å². The Morgan fingerprint density at radius 1 is 1.07 bits per heavy atom. The van der Waals surface area contributed by atoms with E-state index in [-0.39, 0.29) is 10.7 Å². The van der Waals surface area contributed by atoms with Crippen LogP contribution >= 0.6 is 12.2 Å². The van der Waals surface area contributed by atoms with Gasteiger partial charge < -0.3 is 9.73 Å². The molecule has 0 spiro atoms. The van der Waals surface area contributed by atoms with Crippen molar-refractivity contribution in [2.45, 2.75) is 6.92 Å². The fourth-order valence-electron chi connectivity index (χ4n) is 2.71. The Morgan fingerprint density at radius 2 is 1.85 bits per heavy atom. The Morgan fingerprint density at radius 3 is 2.59 bits per heavy atom. The molecule has 2 aromatic heterocycles. The maximum atomic E-state index is 13.0. The summed E-state index contributed by atoms with van der Waals surface area (Å²) in [6.07, 6.45) is 1.53. The maximum absolute atomic E-state index is 13.0. The zero-order valence-corrected chi connectivity index (χ0v) is 15.3. The molecule has 4 rings (SSSR count). The van der Waals surface area contributed by atoms with Crippen LogP contribution in [0.5, 0.6) is 0 Å². The Bertz CT molecular complexity index is 1170. The number of furan rings is 1. The summed E-state index contributed by atoms with van der Waals surface area (Å²) >= 11 is 5.38. The highest BCUT2D eigenvalue weighted by atomic mass is 32.1. The van der Waals surface area contributed by atoms with Crippen molar-refractivity contribution in [1.82, 2.24) is 9.66 Å². The summed E-state index contributed by atoms with van der Waals surface area (Å²) in [7, 11) is 0. The number of nitrogens with zero attached hydrogens (tertiary/aromatic N) is 2. The Kier molecular flexibility index (Phi) is 4.43. The van der Waals surface area contributed by atoms with Crippen LogP contribution in [0.2, 0.25) is 0 Å². The van der Waals surface area contributed by atoms with Gasteiger partial charge in [0.25, 0.3) is 5.56 Å². The molecular weight excluding hydrogens is 360 g/mol. The fourth-order valence-corrected chi connectivity index (χ4v) is 2.91. The van der Waals surface area contributed by atoms with E-state index in [0.29, 0.717) is 22.5 Å². The molecule has 2 aromatic carbocycles. The number of hydrogen-bond donors (Lipinski definition) is 2. The van der Waals surface area contributed by atoms with E-state index in [1.54, 1.807) is 30.3 Å². The van der Waals surface area contributed by atoms with E-state index < -0.39 is 0 Å². The molecule has 0 unspecified atom stereocenters. The summed E-state index contributed by atoms with van der Waals surface area (Å²) < 4.78 is 6.75. The number of nitrogens with one attached hydrogen (secondary N) is 2. The number of aromatic nitrogens is 2. The highest BCUT2D eigenvalue weighted by molar-refractivity contribution is 7.80.